The van der Waals surface area contributed by atoms with Crippen LogP contribution < -0.4 is 0 Å². The van der Waals surface area contributed by atoms with Gasteiger partial charge in [0.1, 0.15) is 13.2 Å². The maximum absolute atomic E-state index is 12.8. The van der Waals surface area contributed by atoms with Crippen LogP contribution in [0, 0.1) is 0 Å². The standard InChI is InChI=1S/C57H98O6/c1-4-7-10-13-16-19-22-25-27-28-29-30-33-35-38-41-44-47-50-56(59)62-53-54(52-61-55(58)49-46-43-40-37-34-31-24-21-18-15-12-9-6-3)63-57(60)51-48-45-42-39-36-32-26-23-20-17-14-11-8-5-2/h8,11,16-17,19-20,22,25,27-30,54H,4-7,9-10,12-15,18,21,23-24,26,31-53H2,1-3H3/b11-8-,19-16-,20-17-,25-22-,28-27-,30-29-. The number of hydrogen-bond acceptors (Lipinski definition) is 6. The Bertz CT molecular complexity index is 1190. The number of allylic oxidation sites excluding steroid dienone is 12. The lowest BCUT2D eigenvalue weighted by atomic mass is 10.0. The summed E-state index contributed by atoms with van der Waals surface area (Å²) in [5.74, 6) is -0.913. The number of unbranched alkanes of at least 4 members (excludes halogenated alkanes) is 27. The van der Waals surface area contributed by atoms with Gasteiger partial charge in [0.05, 0.1) is 0 Å². The van der Waals surface area contributed by atoms with E-state index in [2.05, 4.69) is 93.7 Å². The third-order valence-electron chi connectivity index (χ3n) is 11.3. The van der Waals surface area contributed by atoms with Crippen molar-refractivity contribution in [1.82, 2.24) is 0 Å². The molecule has 0 bridgehead atoms. The second-order valence-corrected chi connectivity index (χ2v) is 17.5. The van der Waals surface area contributed by atoms with Gasteiger partial charge in [-0.1, -0.05) is 235 Å². The van der Waals surface area contributed by atoms with Crippen LogP contribution in [0.4, 0.5) is 0 Å². The average molecular weight is 879 g/mol. The van der Waals surface area contributed by atoms with Crippen molar-refractivity contribution in [2.45, 2.75) is 258 Å². The third-order valence-corrected chi connectivity index (χ3v) is 11.3. The van der Waals surface area contributed by atoms with Crippen LogP contribution >= 0.6 is 0 Å². The zero-order chi connectivity index (χ0) is 45.8. The molecule has 63 heavy (non-hydrogen) atoms. The first-order valence-electron chi connectivity index (χ1n) is 26.5. The number of carbonyl (C=O) groups excluding carboxylic acids is 3. The van der Waals surface area contributed by atoms with Gasteiger partial charge in [-0.3, -0.25) is 14.4 Å². The van der Waals surface area contributed by atoms with Crippen molar-refractivity contribution in [3.05, 3.63) is 72.9 Å². The third kappa shape index (κ3) is 49.7. The first-order valence-corrected chi connectivity index (χ1v) is 26.5. The molecule has 0 aliphatic heterocycles. The zero-order valence-electron chi connectivity index (χ0n) is 41.3. The lowest BCUT2D eigenvalue weighted by Crippen LogP contribution is -2.30. The number of rotatable bonds is 47. The summed E-state index contributed by atoms with van der Waals surface area (Å²) >= 11 is 0. The van der Waals surface area contributed by atoms with Gasteiger partial charge in [0.25, 0.3) is 0 Å². The van der Waals surface area contributed by atoms with E-state index in [0.29, 0.717) is 19.3 Å². The Morgan fingerprint density at radius 2 is 0.683 bits per heavy atom. The van der Waals surface area contributed by atoms with E-state index < -0.39 is 6.10 Å². The molecular weight excluding hydrogens is 781 g/mol. The van der Waals surface area contributed by atoms with Gasteiger partial charge in [-0.2, -0.15) is 0 Å². The molecule has 0 fully saturated rings. The summed E-state index contributed by atoms with van der Waals surface area (Å²) in [6.07, 6.45) is 64.5. The van der Waals surface area contributed by atoms with Crippen LogP contribution in [0.15, 0.2) is 72.9 Å². The molecule has 0 aromatic heterocycles. The van der Waals surface area contributed by atoms with Gasteiger partial charge < -0.3 is 14.2 Å². The van der Waals surface area contributed by atoms with Crippen molar-refractivity contribution < 1.29 is 28.6 Å². The normalized spacial score (nSPS) is 12.6. The average Bonchev–Trinajstić information content (AvgIpc) is 3.28. The maximum atomic E-state index is 12.8. The van der Waals surface area contributed by atoms with Crippen LogP contribution in [0.1, 0.15) is 252 Å². The fourth-order valence-corrected chi connectivity index (χ4v) is 7.32. The van der Waals surface area contributed by atoms with Crippen LogP contribution in [0.25, 0.3) is 0 Å². The summed E-state index contributed by atoms with van der Waals surface area (Å²) in [5.41, 5.74) is 0. The van der Waals surface area contributed by atoms with Crippen molar-refractivity contribution in [3.63, 3.8) is 0 Å². The minimum atomic E-state index is -0.787. The minimum absolute atomic E-state index is 0.0849. The van der Waals surface area contributed by atoms with Gasteiger partial charge in [0.2, 0.25) is 0 Å². The molecule has 0 saturated heterocycles. The van der Waals surface area contributed by atoms with Crippen molar-refractivity contribution in [3.8, 4) is 0 Å². The van der Waals surface area contributed by atoms with Crippen LogP contribution in [0.3, 0.4) is 0 Å². The Morgan fingerprint density at radius 3 is 1.13 bits per heavy atom. The van der Waals surface area contributed by atoms with Gasteiger partial charge in [-0.05, 0) is 70.6 Å². The van der Waals surface area contributed by atoms with E-state index in [4.69, 9.17) is 14.2 Å². The number of carbonyl (C=O) groups is 3. The van der Waals surface area contributed by atoms with Gasteiger partial charge in [0.15, 0.2) is 6.10 Å². The molecule has 6 heteroatoms. The van der Waals surface area contributed by atoms with Gasteiger partial charge in [-0.25, -0.2) is 0 Å². The van der Waals surface area contributed by atoms with Crippen molar-refractivity contribution in [1.29, 1.82) is 0 Å². The lowest BCUT2D eigenvalue weighted by molar-refractivity contribution is -0.167. The highest BCUT2D eigenvalue weighted by Gasteiger charge is 2.19. The molecule has 0 aliphatic rings. The Labute approximate surface area is 389 Å². The molecule has 6 nitrogen and oxygen atoms in total. The number of ether oxygens (including phenoxy) is 3. The highest BCUT2D eigenvalue weighted by molar-refractivity contribution is 5.71. The Kier molecular flexibility index (Phi) is 48.9. The van der Waals surface area contributed by atoms with Crippen molar-refractivity contribution >= 4 is 17.9 Å². The van der Waals surface area contributed by atoms with E-state index in [1.165, 1.54) is 109 Å². The van der Waals surface area contributed by atoms with Crippen molar-refractivity contribution in [2.75, 3.05) is 13.2 Å². The molecule has 0 aromatic carbocycles. The van der Waals surface area contributed by atoms with Gasteiger partial charge in [0, 0.05) is 19.3 Å². The highest BCUT2D eigenvalue weighted by atomic mass is 16.6. The fourth-order valence-electron chi connectivity index (χ4n) is 7.32. The summed E-state index contributed by atoms with van der Waals surface area (Å²) in [7, 11) is 0. The zero-order valence-corrected chi connectivity index (χ0v) is 41.3. The van der Waals surface area contributed by atoms with E-state index >= 15 is 0 Å². The monoisotopic (exact) mass is 879 g/mol. The fraction of sp³-hybridized carbons (Fsp3) is 0.737. The first-order chi connectivity index (χ1) is 31.0. The summed E-state index contributed by atoms with van der Waals surface area (Å²) in [6.45, 7) is 6.47. The molecule has 1 unspecified atom stereocenters. The molecule has 0 aromatic rings. The lowest BCUT2D eigenvalue weighted by Gasteiger charge is -2.18. The highest BCUT2D eigenvalue weighted by Crippen LogP contribution is 2.15. The second kappa shape index (κ2) is 51.5. The number of esters is 3. The Hall–Kier alpha value is -3.15. The molecule has 0 amide bonds. The van der Waals surface area contributed by atoms with Crippen molar-refractivity contribution in [2.24, 2.45) is 0 Å². The van der Waals surface area contributed by atoms with Crippen LogP contribution in [-0.4, -0.2) is 37.2 Å². The SMILES string of the molecule is CC/C=C\C/C=C\CCCCCCCCCC(=O)OC(COC(=O)CCCCCCC\C=C/C=C\C=C/C=C\CCCCC)COC(=O)CCCCCCCCCCCCCCC. The maximum Gasteiger partial charge on any atom is 0.306 e. The molecule has 0 aliphatic carbocycles. The quantitative estimate of drug-likeness (QED) is 0.0199. The molecule has 0 rings (SSSR count). The largest absolute Gasteiger partial charge is 0.462 e. The van der Waals surface area contributed by atoms with E-state index in [0.717, 1.165) is 103 Å². The van der Waals surface area contributed by atoms with Gasteiger partial charge >= 0.3 is 17.9 Å². The van der Waals surface area contributed by atoms with Crippen LogP contribution in [-0.2, 0) is 28.6 Å². The minimum Gasteiger partial charge on any atom is -0.462 e. The molecule has 0 spiro atoms. The summed E-state index contributed by atoms with van der Waals surface area (Å²) in [6, 6.07) is 0. The molecule has 362 valence electrons. The number of hydrogen-bond donors (Lipinski definition) is 0. The molecule has 1 atom stereocenters. The topological polar surface area (TPSA) is 78.9 Å². The van der Waals surface area contributed by atoms with Gasteiger partial charge in [-0.15, -0.1) is 0 Å². The molecular formula is C57H98O6. The van der Waals surface area contributed by atoms with E-state index in [9.17, 15) is 14.4 Å². The second-order valence-electron chi connectivity index (χ2n) is 17.5. The first kappa shape index (κ1) is 59.9. The van der Waals surface area contributed by atoms with Crippen LogP contribution in [0.2, 0.25) is 0 Å². The summed E-state index contributed by atoms with van der Waals surface area (Å²) < 4.78 is 16.8. The summed E-state index contributed by atoms with van der Waals surface area (Å²) in [4.78, 5) is 38.0. The predicted molar refractivity (Wildman–Crippen MR) is 270 cm³/mol. The van der Waals surface area contributed by atoms with E-state index in [1.54, 1.807) is 0 Å². The Balaban J connectivity index is 4.43. The van der Waals surface area contributed by atoms with E-state index in [1.807, 2.05) is 0 Å². The molecule has 0 saturated carbocycles. The van der Waals surface area contributed by atoms with E-state index in [-0.39, 0.29) is 31.1 Å². The Morgan fingerprint density at radius 1 is 0.349 bits per heavy atom. The molecule has 0 N–H and O–H groups in total. The molecule has 0 heterocycles. The molecule has 0 radical (unpaired) electrons. The smallest absolute Gasteiger partial charge is 0.306 e. The van der Waals surface area contributed by atoms with Crippen LogP contribution in [0.5, 0.6) is 0 Å². The predicted octanol–water partition coefficient (Wildman–Crippen LogP) is 17.4. The summed E-state index contributed by atoms with van der Waals surface area (Å²) in [5, 5.41) is 0.